The van der Waals surface area contributed by atoms with Crippen molar-refractivity contribution in [2.24, 2.45) is 0 Å². The van der Waals surface area contributed by atoms with Crippen LogP contribution in [0.3, 0.4) is 0 Å². The maximum Gasteiger partial charge on any atom is 0.313 e. The Morgan fingerprint density at radius 3 is 2.36 bits per heavy atom. The van der Waals surface area contributed by atoms with Gasteiger partial charge in [-0.3, -0.25) is 4.79 Å². The molecule has 0 saturated carbocycles. The maximum absolute atomic E-state index is 11.5. The number of carboxylic acid groups (broad SMARTS) is 1. The molecule has 5 nitrogen and oxygen atoms in total. The van der Waals surface area contributed by atoms with Crippen LogP contribution in [0.15, 0.2) is 84.5 Å². The number of benzene rings is 2. The number of piperidine rings is 1. The number of carboxylic acids is 1. The number of aliphatic hydroxyl groups is 1. The number of hydrogen-bond donors (Lipinski definition) is 2. The highest BCUT2D eigenvalue weighted by Gasteiger charge is 2.29. The van der Waals surface area contributed by atoms with Gasteiger partial charge in [0.15, 0.2) is 0 Å². The Hall–Kier alpha value is -3.15. The minimum Gasteiger partial charge on any atom is -0.489 e. The second-order valence-corrected chi connectivity index (χ2v) is 10.2. The molecular weight excluding hydrogens is 450 g/mol. The Balaban J connectivity index is 1.29. The summed E-state index contributed by atoms with van der Waals surface area (Å²) in [6.07, 6.45) is 11.5. The molecule has 0 bridgehead atoms. The average Bonchev–Trinajstić information content (AvgIpc) is 2.92. The van der Waals surface area contributed by atoms with Crippen molar-refractivity contribution in [3.05, 3.63) is 101 Å². The SMILES string of the molecule is CC(C)(C(=O)O)c1ccc(C(O)CCN2CCC(O/C(=C3/C=CC=CC3)c3ccccc3)CC2)cc1. The molecule has 5 heteroatoms. The second kappa shape index (κ2) is 11.7. The van der Waals surface area contributed by atoms with Gasteiger partial charge in [-0.25, -0.2) is 0 Å². The number of nitrogens with zero attached hydrogens (tertiary/aromatic N) is 1. The van der Waals surface area contributed by atoms with Crippen LogP contribution in [0.4, 0.5) is 0 Å². The first-order valence-corrected chi connectivity index (χ1v) is 12.9. The van der Waals surface area contributed by atoms with Gasteiger partial charge in [0.25, 0.3) is 0 Å². The van der Waals surface area contributed by atoms with Crippen molar-refractivity contribution in [1.29, 1.82) is 0 Å². The van der Waals surface area contributed by atoms with Gasteiger partial charge >= 0.3 is 5.97 Å². The Bertz CT molecular complexity index is 1110. The first kappa shape index (κ1) is 25.9. The van der Waals surface area contributed by atoms with E-state index in [2.05, 4.69) is 53.5 Å². The third-order valence-electron chi connectivity index (χ3n) is 7.30. The molecule has 190 valence electrons. The van der Waals surface area contributed by atoms with E-state index in [0.717, 1.165) is 61.3 Å². The first-order chi connectivity index (χ1) is 17.3. The van der Waals surface area contributed by atoms with E-state index in [1.807, 2.05) is 30.3 Å². The van der Waals surface area contributed by atoms with Crippen molar-refractivity contribution >= 4 is 11.7 Å². The highest BCUT2D eigenvalue weighted by molar-refractivity contribution is 5.80. The molecule has 0 radical (unpaired) electrons. The number of likely N-dealkylation sites (tertiary alicyclic amines) is 1. The molecule has 1 aliphatic heterocycles. The van der Waals surface area contributed by atoms with Gasteiger partial charge in [0.1, 0.15) is 11.9 Å². The lowest BCUT2D eigenvalue weighted by Gasteiger charge is -2.33. The van der Waals surface area contributed by atoms with Crippen molar-refractivity contribution in [2.75, 3.05) is 19.6 Å². The van der Waals surface area contributed by atoms with Crippen LogP contribution >= 0.6 is 0 Å². The summed E-state index contributed by atoms with van der Waals surface area (Å²) in [5.74, 6) is 0.127. The molecule has 1 atom stereocenters. The standard InChI is InChI=1S/C31H37NO4/c1-31(2,30(34)35)26-15-13-23(14-16-26)28(33)19-22-32-20-17-27(18-21-32)36-29(24-9-5-3-6-10-24)25-11-7-4-8-12-25/h3-11,13-16,27-28,33H,12,17-22H2,1-2H3,(H,34,35)/b29-25-. The highest BCUT2D eigenvalue weighted by Crippen LogP contribution is 2.30. The molecular formula is C31H37NO4. The smallest absolute Gasteiger partial charge is 0.313 e. The van der Waals surface area contributed by atoms with Crippen molar-refractivity contribution in [3.63, 3.8) is 0 Å². The summed E-state index contributed by atoms with van der Waals surface area (Å²) in [6, 6.07) is 17.7. The van der Waals surface area contributed by atoms with E-state index in [1.54, 1.807) is 13.8 Å². The Kier molecular flexibility index (Phi) is 8.44. The van der Waals surface area contributed by atoms with Crippen LogP contribution in [0.5, 0.6) is 0 Å². The van der Waals surface area contributed by atoms with Crippen molar-refractivity contribution < 1.29 is 19.7 Å². The summed E-state index contributed by atoms with van der Waals surface area (Å²) in [6.45, 7) is 6.08. The van der Waals surface area contributed by atoms with E-state index < -0.39 is 17.5 Å². The molecule has 2 aromatic carbocycles. The summed E-state index contributed by atoms with van der Waals surface area (Å²) >= 11 is 0. The second-order valence-electron chi connectivity index (χ2n) is 10.2. The van der Waals surface area contributed by atoms with Crippen LogP contribution in [0.1, 0.15) is 62.3 Å². The number of allylic oxidation sites excluding steroid dienone is 5. The lowest BCUT2D eigenvalue weighted by atomic mass is 9.84. The number of aliphatic carboxylic acids is 1. The molecule has 1 unspecified atom stereocenters. The Morgan fingerprint density at radius 2 is 1.75 bits per heavy atom. The molecule has 1 aliphatic carbocycles. The Morgan fingerprint density at radius 1 is 1.06 bits per heavy atom. The van der Waals surface area contributed by atoms with Crippen LogP contribution in [0.25, 0.3) is 5.76 Å². The van der Waals surface area contributed by atoms with Gasteiger partial charge in [-0.15, -0.1) is 0 Å². The largest absolute Gasteiger partial charge is 0.489 e. The number of carbonyl (C=O) groups is 1. The lowest BCUT2D eigenvalue weighted by Crippen LogP contribution is -2.37. The molecule has 2 aromatic rings. The van der Waals surface area contributed by atoms with E-state index in [4.69, 9.17) is 4.74 Å². The minimum atomic E-state index is -0.948. The predicted molar refractivity (Wildman–Crippen MR) is 143 cm³/mol. The first-order valence-electron chi connectivity index (χ1n) is 12.9. The zero-order valence-electron chi connectivity index (χ0n) is 21.3. The number of rotatable bonds is 9. The van der Waals surface area contributed by atoms with Crippen LogP contribution in [-0.4, -0.2) is 46.8 Å². The van der Waals surface area contributed by atoms with Crippen molar-refractivity contribution in [3.8, 4) is 0 Å². The number of hydrogen-bond acceptors (Lipinski definition) is 4. The van der Waals surface area contributed by atoms with Crippen LogP contribution < -0.4 is 0 Å². The molecule has 36 heavy (non-hydrogen) atoms. The third-order valence-corrected chi connectivity index (χ3v) is 7.30. The van der Waals surface area contributed by atoms with Gasteiger partial charge in [0.05, 0.1) is 11.5 Å². The summed E-state index contributed by atoms with van der Waals surface area (Å²) in [5, 5.41) is 20.1. The van der Waals surface area contributed by atoms with E-state index in [1.165, 1.54) is 5.57 Å². The molecule has 1 fully saturated rings. The monoisotopic (exact) mass is 487 g/mol. The Labute approximate surface area is 214 Å². The van der Waals surface area contributed by atoms with E-state index in [-0.39, 0.29) is 6.10 Å². The summed E-state index contributed by atoms with van der Waals surface area (Å²) < 4.78 is 6.59. The van der Waals surface area contributed by atoms with Crippen LogP contribution in [0.2, 0.25) is 0 Å². The van der Waals surface area contributed by atoms with Gasteiger partial charge in [0, 0.05) is 25.2 Å². The zero-order chi connectivity index (χ0) is 25.5. The normalized spacial score (nSPS) is 19.2. The fraction of sp³-hybridized carbons (Fsp3) is 0.387. The zero-order valence-corrected chi connectivity index (χ0v) is 21.3. The molecule has 2 aliphatic rings. The molecule has 0 amide bonds. The quantitative estimate of drug-likeness (QED) is 0.432. The van der Waals surface area contributed by atoms with E-state index in [0.29, 0.717) is 6.42 Å². The molecule has 1 heterocycles. The number of aliphatic hydroxyl groups excluding tert-OH is 1. The van der Waals surface area contributed by atoms with Crippen molar-refractivity contribution in [2.45, 2.75) is 57.2 Å². The van der Waals surface area contributed by atoms with Gasteiger partial charge in [-0.1, -0.05) is 78.9 Å². The van der Waals surface area contributed by atoms with Crippen LogP contribution in [0, 0.1) is 0 Å². The van der Waals surface area contributed by atoms with Gasteiger partial charge in [0.2, 0.25) is 0 Å². The topological polar surface area (TPSA) is 70.0 Å². The lowest BCUT2D eigenvalue weighted by molar-refractivity contribution is -0.142. The van der Waals surface area contributed by atoms with Gasteiger partial charge in [-0.05, 0) is 56.2 Å². The fourth-order valence-electron chi connectivity index (χ4n) is 4.73. The maximum atomic E-state index is 11.5. The molecule has 0 spiro atoms. The van der Waals surface area contributed by atoms with Crippen LogP contribution in [-0.2, 0) is 14.9 Å². The van der Waals surface area contributed by atoms with E-state index >= 15 is 0 Å². The summed E-state index contributed by atoms with van der Waals surface area (Å²) in [4.78, 5) is 13.9. The highest BCUT2D eigenvalue weighted by atomic mass is 16.5. The molecule has 2 N–H and O–H groups in total. The van der Waals surface area contributed by atoms with E-state index in [9.17, 15) is 15.0 Å². The number of ether oxygens (including phenoxy) is 1. The molecule has 1 saturated heterocycles. The fourth-order valence-corrected chi connectivity index (χ4v) is 4.73. The van der Waals surface area contributed by atoms with Gasteiger partial charge < -0.3 is 19.8 Å². The third kappa shape index (κ3) is 6.34. The summed E-state index contributed by atoms with van der Waals surface area (Å²) in [5.41, 5.74) is 2.95. The molecule has 4 rings (SSSR count). The molecule has 0 aromatic heterocycles. The average molecular weight is 488 g/mol. The minimum absolute atomic E-state index is 0.179. The van der Waals surface area contributed by atoms with Crippen molar-refractivity contribution in [1.82, 2.24) is 4.90 Å². The predicted octanol–water partition coefficient (Wildman–Crippen LogP) is 5.88. The van der Waals surface area contributed by atoms with Gasteiger partial charge in [-0.2, -0.15) is 0 Å². The summed E-state index contributed by atoms with van der Waals surface area (Å²) in [7, 11) is 0.